The van der Waals surface area contributed by atoms with Crippen molar-refractivity contribution in [3.8, 4) is 0 Å². The summed E-state index contributed by atoms with van der Waals surface area (Å²) in [7, 11) is -3.51. The number of hydrogen-bond acceptors (Lipinski definition) is 4. The van der Waals surface area contributed by atoms with Crippen LogP contribution in [-0.4, -0.2) is 44.8 Å². The molecule has 23 heavy (non-hydrogen) atoms. The van der Waals surface area contributed by atoms with Crippen molar-refractivity contribution >= 4 is 15.8 Å². The second-order valence-corrected chi connectivity index (χ2v) is 8.27. The normalized spacial score (nSPS) is 17.6. The average Bonchev–Trinajstić information content (AvgIpc) is 2.53. The van der Waals surface area contributed by atoms with Gasteiger partial charge in [-0.05, 0) is 64.8 Å². The fourth-order valence-corrected chi connectivity index (χ4v) is 3.97. The molecule has 0 radical (unpaired) electrons. The van der Waals surface area contributed by atoms with Crippen LogP contribution < -0.4 is 4.72 Å². The first-order valence-electron chi connectivity index (χ1n) is 8.14. The Morgan fingerprint density at radius 3 is 2.26 bits per heavy atom. The van der Waals surface area contributed by atoms with E-state index in [1.807, 2.05) is 0 Å². The number of carbonyl (C=O) groups excluding carboxylic acids is 1. The van der Waals surface area contributed by atoms with E-state index < -0.39 is 10.0 Å². The van der Waals surface area contributed by atoms with Gasteiger partial charge in [0.25, 0.3) is 0 Å². The zero-order valence-corrected chi connectivity index (χ0v) is 14.9. The predicted octanol–water partition coefficient (Wildman–Crippen LogP) is 2.29. The molecule has 6 heteroatoms. The lowest BCUT2D eigenvalue weighted by molar-refractivity contribution is 0.101. The summed E-state index contributed by atoms with van der Waals surface area (Å²) in [4.78, 5) is 13.9. The van der Waals surface area contributed by atoms with E-state index in [1.54, 1.807) is 12.1 Å². The highest BCUT2D eigenvalue weighted by atomic mass is 32.2. The number of rotatable bonds is 6. The van der Waals surface area contributed by atoms with Crippen molar-refractivity contribution < 1.29 is 13.2 Å². The lowest BCUT2D eigenvalue weighted by Gasteiger charge is -2.34. The van der Waals surface area contributed by atoms with Crippen LogP contribution in [0.3, 0.4) is 0 Å². The summed E-state index contributed by atoms with van der Waals surface area (Å²) in [6.45, 7) is 8.37. The number of benzene rings is 1. The van der Waals surface area contributed by atoms with Crippen LogP contribution in [-0.2, 0) is 10.0 Å². The number of nitrogens with one attached hydrogen (secondary N) is 1. The largest absolute Gasteiger partial charge is 0.301 e. The standard InChI is InChI=1S/C17H26N2O3S/c1-13(2)19-10-8-15(9-11-19)12-18-23(21,22)17-6-4-16(5-7-17)14(3)20/h4-7,13,15,18H,8-12H2,1-3H3. The van der Waals surface area contributed by atoms with E-state index in [1.165, 1.54) is 19.1 Å². The minimum Gasteiger partial charge on any atom is -0.301 e. The highest BCUT2D eigenvalue weighted by Crippen LogP contribution is 2.19. The lowest BCUT2D eigenvalue weighted by Crippen LogP contribution is -2.41. The molecule has 2 rings (SSSR count). The number of Topliss-reactive ketones (excluding diaryl/α,β-unsaturated/α-hetero) is 1. The van der Waals surface area contributed by atoms with Gasteiger partial charge in [-0.15, -0.1) is 0 Å². The Labute approximate surface area is 139 Å². The van der Waals surface area contributed by atoms with Crippen molar-refractivity contribution in [2.24, 2.45) is 5.92 Å². The lowest BCUT2D eigenvalue weighted by atomic mass is 9.96. The summed E-state index contributed by atoms with van der Waals surface area (Å²) < 4.78 is 27.4. The van der Waals surface area contributed by atoms with Gasteiger partial charge in [-0.2, -0.15) is 0 Å². The van der Waals surface area contributed by atoms with E-state index >= 15 is 0 Å². The Hall–Kier alpha value is -1.24. The first-order valence-corrected chi connectivity index (χ1v) is 9.62. The second kappa shape index (κ2) is 7.55. The minimum atomic E-state index is -3.51. The summed E-state index contributed by atoms with van der Waals surface area (Å²) in [6.07, 6.45) is 2.04. The fraction of sp³-hybridized carbons (Fsp3) is 0.588. The third-order valence-corrected chi connectivity index (χ3v) is 5.95. The number of piperidine rings is 1. The number of ketones is 1. The quantitative estimate of drug-likeness (QED) is 0.808. The second-order valence-electron chi connectivity index (χ2n) is 6.51. The number of hydrogen-bond donors (Lipinski definition) is 1. The van der Waals surface area contributed by atoms with E-state index in [4.69, 9.17) is 0 Å². The fourth-order valence-electron chi connectivity index (χ4n) is 2.85. The molecule has 0 bridgehead atoms. The monoisotopic (exact) mass is 338 g/mol. The summed E-state index contributed by atoms with van der Waals surface area (Å²) >= 11 is 0. The van der Waals surface area contributed by atoms with Gasteiger partial charge in [-0.3, -0.25) is 4.79 Å². The summed E-state index contributed by atoms with van der Waals surface area (Å²) in [5.41, 5.74) is 0.519. The Kier molecular flexibility index (Phi) is 5.95. The summed E-state index contributed by atoms with van der Waals surface area (Å²) in [5, 5.41) is 0. The number of carbonyl (C=O) groups is 1. The summed E-state index contributed by atoms with van der Waals surface area (Å²) in [6, 6.07) is 6.63. The molecule has 0 unspecified atom stereocenters. The van der Waals surface area contributed by atoms with Crippen LogP contribution in [0, 0.1) is 5.92 Å². The zero-order valence-electron chi connectivity index (χ0n) is 14.1. The molecule has 1 saturated heterocycles. The van der Waals surface area contributed by atoms with Crippen LogP contribution in [0.1, 0.15) is 44.0 Å². The van der Waals surface area contributed by atoms with Gasteiger partial charge in [0.15, 0.2) is 5.78 Å². The van der Waals surface area contributed by atoms with Gasteiger partial charge >= 0.3 is 0 Å². The van der Waals surface area contributed by atoms with Crippen LogP contribution in [0.4, 0.5) is 0 Å². The highest BCUT2D eigenvalue weighted by Gasteiger charge is 2.23. The van der Waals surface area contributed by atoms with Crippen molar-refractivity contribution in [3.05, 3.63) is 29.8 Å². The van der Waals surface area contributed by atoms with Crippen molar-refractivity contribution in [2.45, 2.75) is 44.6 Å². The van der Waals surface area contributed by atoms with E-state index in [2.05, 4.69) is 23.5 Å². The van der Waals surface area contributed by atoms with Crippen LogP contribution in [0.15, 0.2) is 29.2 Å². The number of nitrogens with zero attached hydrogens (tertiary/aromatic N) is 1. The van der Waals surface area contributed by atoms with Gasteiger partial charge < -0.3 is 4.90 Å². The van der Waals surface area contributed by atoms with Crippen molar-refractivity contribution in [1.29, 1.82) is 0 Å². The first kappa shape index (κ1) is 18.1. The molecule has 1 aliphatic heterocycles. The maximum absolute atomic E-state index is 12.3. The average molecular weight is 338 g/mol. The molecule has 0 spiro atoms. The van der Waals surface area contributed by atoms with Gasteiger partial charge in [-0.1, -0.05) is 12.1 Å². The molecular formula is C17H26N2O3S. The van der Waals surface area contributed by atoms with Crippen LogP contribution in [0.25, 0.3) is 0 Å². The molecular weight excluding hydrogens is 312 g/mol. The Morgan fingerprint density at radius 1 is 1.22 bits per heavy atom. The molecule has 0 amide bonds. The molecule has 1 heterocycles. The summed E-state index contributed by atoms with van der Waals surface area (Å²) in [5.74, 6) is 0.315. The first-order chi connectivity index (χ1) is 10.8. The van der Waals surface area contributed by atoms with E-state index in [0.717, 1.165) is 25.9 Å². The van der Waals surface area contributed by atoms with Gasteiger partial charge in [0.1, 0.15) is 0 Å². The van der Waals surface area contributed by atoms with E-state index in [0.29, 0.717) is 24.1 Å². The van der Waals surface area contributed by atoms with Crippen molar-refractivity contribution in [2.75, 3.05) is 19.6 Å². The van der Waals surface area contributed by atoms with Crippen LogP contribution >= 0.6 is 0 Å². The predicted molar refractivity (Wildman–Crippen MR) is 91.1 cm³/mol. The molecule has 0 saturated carbocycles. The zero-order chi connectivity index (χ0) is 17.0. The molecule has 0 aromatic heterocycles. The number of sulfonamides is 1. The van der Waals surface area contributed by atoms with E-state index in [9.17, 15) is 13.2 Å². The SMILES string of the molecule is CC(=O)c1ccc(S(=O)(=O)NCC2CCN(C(C)C)CC2)cc1. The van der Waals surface area contributed by atoms with Crippen LogP contribution in [0.5, 0.6) is 0 Å². The molecule has 5 nitrogen and oxygen atoms in total. The van der Waals surface area contributed by atoms with Gasteiger partial charge in [0.2, 0.25) is 10.0 Å². The highest BCUT2D eigenvalue weighted by molar-refractivity contribution is 7.89. The van der Waals surface area contributed by atoms with Gasteiger partial charge in [0, 0.05) is 18.2 Å². The maximum atomic E-state index is 12.3. The van der Waals surface area contributed by atoms with Gasteiger partial charge in [-0.25, -0.2) is 13.1 Å². The molecule has 1 aliphatic rings. The van der Waals surface area contributed by atoms with Crippen molar-refractivity contribution in [3.63, 3.8) is 0 Å². The minimum absolute atomic E-state index is 0.0705. The molecule has 0 aliphatic carbocycles. The topological polar surface area (TPSA) is 66.5 Å². The number of likely N-dealkylation sites (tertiary alicyclic amines) is 1. The smallest absolute Gasteiger partial charge is 0.240 e. The Morgan fingerprint density at radius 2 is 1.78 bits per heavy atom. The molecule has 1 aromatic carbocycles. The molecule has 1 aromatic rings. The van der Waals surface area contributed by atoms with Gasteiger partial charge in [0.05, 0.1) is 4.90 Å². The third kappa shape index (κ3) is 4.86. The third-order valence-electron chi connectivity index (χ3n) is 4.51. The molecule has 1 fully saturated rings. The molecule has 0 atom stereocenters. The Bertz CT molecular complexity index is 630. The van der Waals surface area contributed by atoms with E-state index in [-0.39, 0.29) is 10.7 Å². The maximum Gasteiger partial charge on any atom is 0.240 e. The van der Waals surface area contributed by atoms with Crippen molar-refractivity contribution in [1.82, 2.24) is 9.62 Å². The Balaban J connectivity index is 1.90. The van der Waals surface area contributed by atoms with Crippen LogP contribution in [0.2, 0.25) is 0 Å². The molecule has 128 valence electrons. The molecule has 1 N–H and O–H groups in total.